The highest BCUT2D eigenvalue weighted by molar-refractivity contribution is 6.03. The average molecular weight is 441 g/mol. The van der Waals surface area contributed by atoms with Gasteiger partial charge < -0.3 is 19.2 Å². The summed E-state index contributed by atoms with van der Waals surface area (Å²) in [6, 6.07) is 7.93. The number of ether oxygens (including phenoxy) is 2. The predicted octanol–water partition coefficient (Wildman–Crippen LogP) is 3.56. The number of hydrogen-bond acceptors (Lipinski definition) is 6. The van der Waals surface area contributed by atoms with Crippen molar-refractivity contribution in [1.82, 2.24) is 10.2 Å². The Kier molecular flexibility index (Phi) is 6.40. The molecular weight excluding hydrogens is 408 g/mol. The molecule has 2 aliphatic rings. The zero-order chi connectivity index (χ0) is 22.9. The third-order valence-electron chi connectivity index (χ3n) is 6.43. The Morgan fingerprint density at radius 1 is 1.19 bits per heavy atom. The number of rotatable bonds is 6. The van der Waals surface area contributed by atoms with Crippen LogP contribution in [0, 0.1) is 12.3 Å². The van der Waals surface area contributed by atoms with Gasteiger partial charge in [0, 0.05) is 38.0 Å². The van der Waals surface area contributed by atoms with Crippen LogP contribution in [0.3, 0.4) is 0 Å². The van der Waals surface area contributed by atoms with Crippen molar-refractivity contribution in [3.63, 3.8) is 0 Å². The molecule has 0 saturated carbocycles. The fourth-order valence-corrected chi connectivity index (χ4v) is 4.74. The summed E-state index contributed by atoms with van der Waals surface area (Å²) in [6.07, 6.45) is 1.13. The van der Waals surface area contributed by atoms with Crippen molar-refractivity contribution in [3.8, 4) is 5.75 Å². The van der Waals surface area contributed by atoms with Gasteiger partial charge >= 0.3 is 0 Å². The number of Topliss-reactive ketones (excluding diaryl/α,β-unsaturated/α-hetero) is 1. The molecule has 32 heavy (non-hydrogen) atoms. The Morgan fingerprint density at radius 3 is 2.53 bits per heavy atom. The van der Waals surface area contributed by atoms with E-state index in [0.717, 1.165) is 24.4 Å². The van der Waals surface area contributed by atoms with E-state index in [4.69, 9.17) is 13.9 Å². The van der Waals surface area contributed by atoms with E-state index in [0.29, 0.717) is 49.5 Å². The number of amides is 1. The number of furan rings is 1. The number of morpholine rings is 1. The molecule has 0 bridgehead atoms. The molecule has 0 spiro atoms. The van der Waals surface area contributed by atoms with Crippen LogP contribution in [-0.2, 0) is 11.2 Å². The topological polar surface area (TPSA) is 81.0 Å². The van der Waals surface area contributed by atoms with Crippen LogP contribution < -0.4 is 10.1 Å². The standard InChI is InChI=1S/C25H32N2O5/c1-16-22-20(28)13-25(2,3)14-21(22)32-23(16)24(29)26-15-19(27-9-11-31-12-10-27)17-5-7-18(30-4)8-6-17/h5-8,19H,9-15H2,1-4H3,(H,26,29). The molecule has 1 aliphatic heterocycles. The molecule has 1 unspecified atom stereocenters. The van der Waals surface area contributed by atoms with Crippen LogP contribution in [0.15, 0.2) is 28.7 Å². The third kappa shape index (κ3) is 4.59. The van der Waals surface area contributed by atoms with Gasteiger partial charge in [0.1, 0.15) is 11.5 Å². The second kappa shape index (κ2) is 9.08. The van der Waals surface area contributed by atoms with Crippen LogP contribution >= 0.6 is 0 Å². The lowest BCUT2D eigenvalue weighted by Crippen LogP contribution is -2.43. The smallest absolute Gasteiger partial charge is 0.287 e. The molecule has 1 atom stereocenters. The van der Waals surface area contributed by atoms with Crippen molar-refractivity contribution in [2.75, 3.05) is 40.0 Å². The zero-order valence-corrected chi connectivity index (χ0v) is 19.3. The first-order valence-corrected chi connectivity index (χ1v) is 11.2. The van der Waals surface area contributed by atoms with E-state index in [1.807, 2.05) is 38.1 Å². The summed E-state index contributed by atoms with van der Waals surface area (Å²) in [6.45, 7) is 9.26. The SMILES string of the molecule is COc1ccc(C(CNC(=O)c2oc3c(c2C)C(=O)CC(C)(C)C3)N2CCOCC2)cc1. The maximum Gasteiger partial charge on any atom is 0.287 e. The Labute approximate surface area is 189 Å². The van der Waals surface area contributed by atoms with Crippen LogP contribution in [-0.4, -0.2) is 56.5 Å². The van der Waals surface area contributed by atoms with E-state index >= 15 is 0 Å². The Hall–Kier alpha value is -2.64. The van der Waals surface area contributed by atoms with Crippen LogP contribution in [0.4, 0.5) is 0 Å². The lowest BCUT2D eigenvalue weighted by atomic mass is 9.76. The van der Waals surface area contributed by atoms with Gasteiger partial charge in [-0.15, -0.1) is 0 Å². The Morgan fingerprint density at radius 2 is 1.88 bits per heavy atom. The molecule has 1 amide bonds. The second-order valence-electron chi connectivity index (χ2n) is 9.44. The van der Waals surface area contributed by atoms with Crippen molar-refractivity contribution < 1.29 is 23.5 Å². The molecule has 1 aromatic carbocycles. The molecule has 1 aromatic heterocycles. The highest BCUT2D eigenvalue weighted by atomic mass is 16.5. The van der Waals surface area contributed by atoms with Gasteiger partial charge in [-0.2, -0.15) is 0 Å². The average Bonchev–Trinajstić information content (AvgIpc) is 3.10. The van der Waals surface area contributed by atoms with Crippen LogP contribution in [0.5, 0.6) is 5.75 Å². The van der Waals surface area contributed by atoms with Gasteiger partial charge in [0.15, 0.2) is 11.5 Å². The molecular formula is C25H32N2O5. The van der Waals surface area contributed by atoms with E-state index in [2.05, 4.69) is 10.2 Å². The summed E-state index contributed by atoms with van der Waals surface area (Å²) in [5.74, 6) is 1.45. The monoisotopic (exact) mass is 440 g/mol. The van der Waals surface area contributed by atoms with Gasteiger partial charge in [0.2, 0.25) is 0 Å². The maximum atomic E-state index is 13.1. The first kappa shape index (κ1) is 22.6. The quantitative estimate of drug-likeness (QED) is 0.740. The minimum atomic E-state index is -0.283. The number of benzene rings is 1. The number of methoxy groups -OCH3 is 1. The summed E-state index contributed by atoms with van der Waals surface area (Å²) in [5.41, 5.74) is 2.18. The van der Waals surface area contributed by atoms with Gasteiger partial charge in [-0.05, 0) is 30.0 Å². The molecule has 4 rings (SSSR count). The molecule has 7 nitrogen and oxygen atoms in total. The summed E-state index contributed by atoms with van der Waals surface area (Å²) in [5, 5.41) is 3.05. The van der Waals surface area contributed by atoms with E-state index in [1.54, 1.807) is 14.0 Å². The van der Waals surface area contributed by atoms with Gasteiger partial charge in [0.25, 0.3) is 5.91 Å². The van der Waals surface area contributed by atoms with Crippen molar-refractivity contribution in [2.24, 2.45) is 5.41 Å². The minimum Gasteiger partial charge on any atom is -0.497 e. The molecule has 2 heterocycles. The number of ketones is 1. The van der Waals surface area contributed by atoms with Gasteiger partial charge in [-0.3, -0.25) is 14.5 Å². The lowest BCUT2D eigenvalue weighted by Gasteiger charge is -2.35. The number of nitrogens with one attached hydrogen (secondary N) is 1. The highest BCUT2D eigenvalue weighted by Crippen LogP contribution is 2.38. The molecule has 1 aliphatic carbocycles. The second-order valence-corrected chi connectivity index (χ2v) is 9.44. The zero-order valence-electron chi connectivity index (χ0n) is 19.3. The Bertz CT molecular complexity index is 987. The molecule has 1 fully saturated rings. The van der Waals surface area contributed by atoms with Crippen LogP contribution in [0.2, 0.25) is 0 Å². The van der Waals surface area contributed by atoms with Crippen molar-refractivity contribution >= 4 is 11.7 Å². The first-order valence-electron chi connectivity index (χ1n) is 11.2. The number of carbonyl (C=O) groups is 2. The summed E-state index contributed by atoms with van der Waals surface area (Å²) in [7, 11) is 1.64. The molecule has 1 N–H and O–H groups in total. The molecule has 0 radical (unpaired) electrons. The van der Waals surface area contributed by atoms with Gasteiger partial charge in [-0.1, -0.05) is 26.0 Å². The van der Waals surface area contributed by atoms with Crippen LogP contribution in [0.1, 0.15) is 64.1 Å². The fraction of sp³-hybridized carbons (Fsp3) is 0.520. The normalized spacial score (nSPS) is 19.3. The number of nitrogens with zero attached hydrogens (tertiary/aromatic N) is 1. The van der Waals surface area contributed by atoms with Gasteiger partial charge in [0.05, 0.1) is 31.9 Å². The first-order chi connectivity index (χ1) is 15.3. The number of fused-ring (bicyclic) bond motifs is 1. The minimum absolute atomic E-state index is 0.000728. The molecule has 172 valence electrons. The van der Waals surface area contributed by atoms with Crippen molar-refractivity contribution in [3.05, 3.63) is 52.5 Å². The molecule has 7 heteroatoms. The molecule has 2 aromatic rings. The number of carbonyl (C=O) groups excluding carboxylic acids is 2. The summed E-state index contributed by atoms with van der Waals surface area (Å²) in [4.78, 5) is 28.1. The molecule has 1 saturated heterocycles. The van der Waals surface area contributed by atoms with Gasteiger partial charge in [-0.25, -0.2) is 0 Å². The van der Waals surface area contributed by atoms with Crippen molar-refractivity contribution in [1.29, 1.82) is 0 Å². The van der Waals surface area contributed by atoms with Crippen LogP contribution in [0.25, 0.3) is 0 Å². The predicted molar refractivity (Wildman–Crippen MR) is 120 cm³/mol. The van der Waals surface area contributed by atoms with E-state index < -0.39 is 0 Å². The Balaban J connectivity index is 1.53. The lowest BCUT2D eigenvalue weighted by molar-refractivity contribution is 0.0161. The van der Waals surface area contributed by atoms with E-state index in [-0.39, 0.29) is 28.9 Å². The fourth-order valence-electron chi connectivity index (χ4n) is 4.74. The maximum absolute atomic E-state index is 13.1. The number of hydrogen-bond donors (Lipinski definition) is 1. The summed E-state index contributed by atoms with van der Waals surface area (Å²) >= 11 is 0. The highest BCUT2D eigenvalue weighted by Gasteiger charge is 2.37. The van der Waals surface area contributed by atoms with E-state index in [9.17, 15) is 9.59 Å². The summed E-state index contributed by atoms with van der Waals surface area (Å²) < 4.78 is 16.7. The van der Waals surface area contributed by atoms with E-state index in [1.165, 1.54) is 0 Å². The third-order valence-corrected chi connectivity index (χ3v) is 6.43. The van der Waals surface area contributed by atoms with Crippen molar-refractivity contribution in [2.45, 2.75) is 39.7 Å². The largest absolute Gasteiger partial charge is 0.497 e.